The first-order valence-corrected chi connectivity index (χ1v) is 12.2. The largest absolute Gasteiger partial charge is 0.495 e. The summed E-state index contributed by atoms with van der Waals surface area (Å²) in [7, 11) is 3.28. The highest BCUT2D eigenvalue weighted by atomic mass is 32.1. The van der Waals surface area contributed by atoms with Gasteiger partial charge in [-0.25, -0.2) is 14.8 Å². The Hall–Kier alpha value is -2.91. The van der Waals surface area contributed by atoms with Crippen molar-refractivity contribution in [1.82, 2.24) is 14.9 Å². The maximum Gasteiger partial charge on any atom is 0.322 e. The number of aromatic nitrogens is 2. The normalized spacial score (nSPS) is 16.1. The van der Waals surface area contributed by atoms with Gasteiger partial charge >= 0.3 is 6.03 Å². The van der Waals surface area contributed by atoms with E-state index in [9.17, 15) is 4.79 Å². The van der Waals surface area contributed by atoms with Gasteiger partial charge in [-0.05, 0) is 43.4 Å². The molecule has 1 aliphatic carbocycles. The van der Waals surface area contributed by atoms with Crippen LogP contribution >= 0.6 is 11.3 Å². The number of thiophene rings is 1. The predicted octanol–water partition coefficient (Wildman–Crippen LogP) is 4.08. The SMILES string of the molecule is COCc1nc(N2CCN(C(=O)Nc3ccccc3OC)CC2)c2c3c(sc2n1)CCCC3. The van der Waals surface area contributed by atoms with Crippen LogP contribution in [-0.2, 0) is 24.2 Å². The Labute approximate surface area is 197 Å². The van der Waals surface area contributed by atoms with Crippen LogP contribution < -0.4 is 15.0 Å². The zero-order valence-corrected chi connectivity index (χ0v) is 19.9. The molecule has 0 radical (unpaired) electrons. The topological polar surface area (TPSA) is 79.8 Å². The van der Waals surface area contributed by atoms with Crippen LogP contribution in [0.4, 0.5) is 16.3 Å². The second-order valence-corrected chi connectivity index (χ2v) is 9.48. The van der Waals surface area contributed by atoms with Gasteiger partial charge in [0.05, 0.1) is 18.2 Å². The van der Waals surface area contributed by atoms with Gasteiger partial charge in [0, 0.05) is 38.2 Å². The standard InChI is InChI=1S/C24H29N5O3S/c1-31-15-20-26-22(21-16-7-3-6-10-19(16)33-23(21)27-20)28-11-13-29(14-12-28)24(30)25-17-8-4-5-9-18(17)32-2/h4-5,8-9H,3,6-7,10-15H2,1-2H3,(H,25,30). The number of nitrogens with one attached hydrogen (secondary N) is 1. The molecule has 174 valence electrons. The molecule has 1 aliphatic heterocycles. The molecular weight excluding hydrogens is 438 g/mol. The molecule has 2 amide bonds. The molecule has 5 rings (SSSR count). The fourth-order valence-electron chi connectivity index (χ4n) is 4.67. The lowest BCUT2D eigenvalue weighted by Crippen LogP contribution is -2.50. The van der Waals surface area contributed by atoms with Crippen molar-refractivity contribution in [3.8, 4) is 5.75 Å². The zero-order chi connectivity index (χ0) is 22.8. The summed E-state index contributed by atoms with van der Waals surface area (Å²) in [5.41, 5.74) is 2.11. The average molecular weight is 468 g/mol. The summed E-state index contributed by atoms with van der Waals surface area (Å²) in [4.78, 5) is 29.3. The lowest BCUT2D eigenvalue weighted by Gasteiger charge is -2.36. The number of para-hydroxylation sites is 2. The number of rotatable bonds is 5. The first-order chi connectivity index (χ1) is 16.2. The monoisotopic (exact) mass is 467 g/mol. The molecule has 1 N–H and O–H groups in total. The number of amides is 2. The summed E-state index contributed by atoms with van der Waals surface area (Å²) in [6.45, 7) is 3.09. The highest BCUT2D eigenvalue weighted by Gasteiger charge is 2.27. The third kappa shape index (κ3) is 4.35. The van der Waals surface area contributed by atoms with Gasteiger partial charge < -0.3 is 24.6 Å². The quantitative estimate of drug-likeness (QED) is 0.609. The molecule has 0 spiro atoms. The molecular formula is C24H29N5O3S. The van der Waals surface area contributed by atoms with Crippen LogP contribution in [0.1, 0.15) is 29.1 Å². The minimum absolute atomic E-state index is 0.111. The highest BCUT2D eigenvalue weighted by Crippen LogP contribution is 2.40. The van der Waals surface area contributed by atoms with Crippen molar-refractivity contribution in [3.63, 3.8) is 0 Å². The minimum atomic E-state index is -0.111. The fraction of sp³-hybridized carbons (Fsp3) is 0.458. The molecule has 0 bridgehead atoms. The van der Waals surface area contributed by atoms with Crippen LogP contribution in [0.3, 0.4) is 0 Å². The van der Waals surface area contributed by atoms with Gasteiger partial charge in [-0.2, -0.15) is 0 Å². The van der Waals surface area contributed by atoms with Crippen molar-refractivity contribution in [1.29, 1.82) is 0 Å². The van der Waals surface area contributed by atoms with Crippen molar-refractivity contribution in [2.45, 2.75) is 32.3 Å². The van der Waals surface area contributed by atoms with Crippen molar-refractivity contribution in [3.05, 3.63) is 40.5 Å². The molecule has 2 aliphatic rings. The number of anilines is 2. The summed E-state index contributed by atoms with van der Waals surface area (Å²) >= 11 is 1.81. The molecule has 0 atom stereocenters. The number of aryl methyl sites for hydroxylation is 2. The Morgan fingerprint density at radius 3 is 2.67 bits per heavy atom. The molecule has 2 aromatic heterocycles. The van der Waals surface area contributed by atoms with E-state index in [1.165, 1.54) is 28.7 Å². The highest BCUT2D eigenvalue weighted by molar-refractivity contribution is 7.19. The predicted molar refractivity (Wildman–Crippen MR) is 131 cm³/mol. The van der Waals surface area contributed by atoms with E-state index < -0.39 is 0 Å². The number of nitrogens with zero attached hydrogens (tertiary/aromatic N) is 4. The number of urea groups is 1. The third-order valence-electron chi connectivity index (χ3n) is 6.33. The fourth-order valence-corrected chi connectivity index (χ4v) is 5.94. The lowest BCUT2D eigenvalue weighted by atomic mass is 9.97. The first kappa shape index (κ1) is 21.9. The van der Waals surface area contributed by atoms with Crippen molar-refractivity contribution >= 4 is 39.1 Å². The van der Waals surface area contributed by atoms with Crippen LogP contribution in [0.2, 0.25) is 0 Å². The molecule has 1 fully saturated rings. The van der Waals surface area contributed by atoms with Crippen LogP contribution in [0.25, 0.3) is 10.2 Å². The van der Waals surface area contributed by atoms with Crippen LogP contribution in [0, 0.1) is 0 Å². The summed E-state index contributed by atoms with van der Waals surface area (Å²) in [5.74, 6) is 2.37. The number of piperazine rings is 1. The van der Waals surface area contributed by atoms with Crippen LogP contribution in [0.15, 0.2) is 24.3 Å². The number of benzene rings is 1. The van der Waals surface area contributed by atoms with Crippen molar-refractivity contribution < 1.29 is 14.3 Å². The molecule has 0 saturated carbocycles. The lowest BCUT2D eigenvalue weighted by molar-refractivity contribution is 0.178. The average Bonchev–Trinajstić information content (AvgIpc) is 3.22. The van der Waals surface area contributed by atoms with Gasteiger partial charge in [0.25, 0.3) is 0 Å². The van der Waals surface area contributed by atoms with E-state index in [4.69, 9.17) is 19.4 Å². The van der Waals surface area contributed by atoms with Crippen LogP contribution in [0.5, 0.6) is 5.75 Å². The van der Waals surface area contributed by atoms with E-state index in [-0.39, 0.29) is 6.03 Å². The smallest absolute Gasteiger partial charge is 0.322 e. The summed E-state index contributed by atoms with van der Waals surface area (Å²) < 4.78 is 10.7. The molecule has 0 unspecified atom stereocenters. The number of hydrogen-bond acceptors (Lipinski definition) is 7. The molecule has 8 nitrogen and oxygen atoms in total. The Balaban J connectivity index is 1.35. The molecule has 3 heterocycles. The second-order valence-electron chi connectivity index (χ2n) is 8.39. The minimum Gasteiger partial charge on any atom is -0.495 e. The summed E-state index contributed by atoms with van der Waals surface area (Å²) in [6.07, 6.45) is 4.69. The summed E-state index contributed by atoms with van der Waals surface area (Å²) in [5, 5.41) is 4.19. The zero-order valence-electron chi connectivity index (χ0n) is 19.1. The van der Waals surface area contributed by atoms with E-state index >= 15 is 0 Å². The number of fused-ring (bicyclic) bond motifs is 3. The van der Waals surface area contributed by atoms with Gasteiger partial charge in [-0.15, -0.1) is 11.3 Å². The van der Waals surface area contributed by atoms with Gasteiger partial charge in [0.2, 0.25) is 0 Å². The Kier molecular flexibility index (Phi) is 6.32. The molecule has 9 heteroatoms. The van der Waals surface area contributed by atoms with E-state index in [0.29, 0.717) is 31.1 Å². The van der Waals surface area contributed by atoms with E-state index in [1.807, 2.05) is 40.5 Å². The molecule has 33 heavy (non-hydrogen) atoms. The number of methoxy groups -OCH3 is 2. The van der Waals surface area contributed by atoms with Crippen molar-refractivity contribution in [2.24, 2.45) is 0 Å². The van der Waals surface area contributed by atoms with E-state index in [1.54, 1.807) is 14.2 Å². The Morgan fingerprint density at radius 2 is 1.88 bits per heavy atom. The number of ether oxygens (including phenoxy) is 2. The molecule has 3 aromatic rings. The number of carbonyl (C=O) groups excluding carboxylic acids is 1. The van der Waals surface area contributed by atoms with Crippen molar-refractivity contribution in [2.75, 3.05) is 50.6 Å². The maximum absolute atomic E-state index is 12.9. The van der Waals surface area contributed by atoms with Gasteiger partial charge in [-0.1, -0.05) is 12.1 Å². The second kappa shape index (κ2) is 9.52. The van der Waals surface area contributed by atoms with Gasteiger partial charge in [0.15, 0.2) is 5.82 Å². The third-order valence-corrected chi connectivity index (χ3v) is 7.52. The van der Waals surface area contributed by atoms with Crippen LogP contribution in [-0.4, -0.2) is 61.3 Å². The van der Waals surface area contributed by atoms with Gasteiger partial charge in [-0.3, -0.25) is 0 Å². The summed E-state index contributed by atoms with van der Waals surface area (Å²) in [6, 6.07) is 7.35. The van der Waals surface area contributed by atoms with Gasteiger partial charge in [0.1, 0.15) is 23.0 Å². The number of carbonyl (C=O) groups is 1. The van der Waals surface area contributed by atoms with E-state index in [2.05, 4.69) is 10.2 Å². The molecule has 1 aromatic carbocycles. The Bertz CT molecular complexity index is 1160. The molecule has 1 saturated heterocycles. The maximum atomic E-state index is 12.9. The number of hydrogen-bond donors (Lipinski definition) is 1. The first-order valence-electron chi connectivity index (χ1n) is 11.4. The van der Waals surface area contributed by atoms with E-state index in [0.717, 1.165) is 42.4 Å². The Morgan fingerprint density at radius 1 is 1.09 bits per heavy atom.